The molecule has 0 aliphatic carbocycles. The Morgan fingerprint density at radius 1 is 1.35 bits per heavy atom. The summed E-state index contributed by atoms with van der Waals surface area (Å²) in [4.78, 5) is 8.16. The lowest BCUT2D eigenvalue weighted by atomic mass is 10.2. The molecule has 0 atom stereocenters. The second-order valence-corrected chi connectivity index (χ2v) is 4.36. The van der Waals surface area contributed by atoms with Crippen LogP contribution in [0.1, 0.15) is 37.0 Å². The maximum Gasteiger partial charge on any atom is 0.215 e. The molecular formula is C10H8N6S. The molecule has 0 saturated heterocycles. The second kappa shape index (κ2) is 4.32. The van der Waals surface area contributed by atoms with Crippen LogP contribution in [-0.2, 0) is 0 Å². The summed E-state index contributed by atoms with van der Waals surface area (Å²) in [5, 5.41) is 18.3. The highest BCUT2D eigenvalue weighted by Gasteiger charge is 2.15. The minimum atomic E-state index is 0.105. The summed E-state index contributed by atoms with van der Waals surface area (Å²) in [7, 11) is 0. The van der Waals surface area contributed by atoms with Gasteiger partial charge in [0.2, 0.25) is 5.13 Å². The van der Waals surface area contributed by atoms with Crippen LogP contribution < -0.4 is 0 Å². The van der Waals surface area contributed by atoms with Crippen molar-refractivity contribution < 1.29 is 0 Å². The third-order valence-corrected chi connectivity index (χ3v) is 2.86. The number of hydrogen-bond acceptors (Lipinski definition) is 6. The quantitative estimate of drug-likeness (QED) is 0.799. The maximum atomic E-state index is 8.99. The van der Waals surface area contributed by atoms with E-state index in [9.17, 15) is 0 Å². The largest absolute Gasteiger partial charge is 0.263 e. The molecule has 0 saturated carbocycles. The summed E-state index contributed by atoms with van der Waals surface area (Å²) in [6.07, 6.45) is 1.42. The number of imidazole rings is 1. The van der Waals surface area contributed by atoms with Crippen LogP contribution in [0.25, 0.3) is 5.13 Å². The number of hydrogen-bond donors (Lipinski definition) is 0. The van der Waals surface area contributed by atoms with Gasteiger partial charge in [0.05, 0.1) is 0 Å². The molecule has 17 heavy (non-hydrogen) atoms. The number of aromatic nitrogens is 4. The number of rotatable bonds is 2. The van der Waals surface area contributed by atoms with Crippen LogP contribution in [0.5, 0.6) is 0 Å². The van der Waals surface area contributed by atoms with Gasteiger partial charge < -0.3 is 0 Å². The van der Waals surface area contributed by atoms with Gasteiger partial charge in [-0.05, 0) is 0 Å². The van der Waals surface area contributed by atoms with Crippen LogP contribution in [0.4, 0.5) is 0 Å². The predicted molar refractivity (Wildman–Crippen MR) is 60.6 cm³/mol. The van der Waals surface area contributed by atoms with Crippen LogP contribution >= 0.6 is 11.5 Å². The van der Waals surface area contributed by atoms with Gasteiger partial charge in [-0.1, -0.05) is 13.8 Å². The minimum Gasteiger partial charge on any atom is -0.263 e. The molecule has 7 heteroatoms. The summed E-state index contributed by atoms with van der Waals surface area (Å²) in [6.45, 7) is 3.98. The average Bonchev–Trinajstić information content (AvgIpc) is 2.94. The van der Waals surface area contributed by atoms with Gasteiger partial charge in [0.25, 0.3) is 0 Å². The predicted octanol–water partition coefficient (Wildman–Crippen LogP) is 1.59. The Labute approximate surface area is 102 Å². The zero-order valence-corrected chi connectivity index (χ0v) is 10.1. The normalized spacial score (nSPS) is 10.2. The Balaban J connectivity index is 2.51. The summed E-state index contributed by atoms with van der Waals surface area (Å²) in [6, 6.07) is 3.82. The van der Waals surface area contributed by atoms with Crippen LogP contribution in [-0.4, -0.2) is 18.9 Å². The topological polar surface area (TPSA) is 91.2 Å². The highest BCUT2D eigenvalue weighted by Crippen LogP contribution is 2.19. The standard InChI is InChI=1S/C10H8N6S/c1-6(2)9-14-10(17-15-9)16-5-13-7(3-11)8(16)4-12/h5-6H,1-2H3. The Morgan fingerprint density at radius 2 is 2.12 bits per heavy atom. The molecule has 0 amide bonds. The number of nitriles is 2. The Morgan fingerprint density at radius 3 is 2.65 bits per heavy atom. The minimum absolute atomic E-state index is 0.105. The fraction of sp³-hybridized carbons (Fsp3) is 0.300. The molecule has 2 aromatic rings. The summed E-state index contributed by atoms with van der Waals surface area (Å²) in [5.41, 5.74) is 0.299. The number of nitrogens with zero attached hydrogens (tertiary/aromatic N) is 6. The van der Waals surface area contributed by atoms with Crippen molar-refractivity contribution in [2.24, 2.45) is 0 Å². The van der Waals surface area contributed by atoms with Gasteiger partial charge in [0.15, 0.2) is 11.4 Å². The van der Waals surface area contributed by atoms with E-state index in [4.69, 9.17) is 10.5 Å². The first kappa shape index (κ1) is 11.2. The Hall–Kier alpha value is -2.25. The molecule has 0 fully saturated rings. The fourth-order valence-corrected chi connectivity index (χ4v) is 2.03. The molecule has 0 aliphatic heterocycles. The van der Waals surface area contributed by atoms with E-state index in [0.717, 1.165) is 5.82 Å². The van der Waals surface area contributed by atoms with Crippen molar-refractivity contribution in [3.05, 3.63) is 23.5 Å². The molecule has 2 rings (SSSR count). The van der Waals surface area contributed by atoms with Gasteiger partial charge in [0, 0.05) is 17.5 Å². The highest BCUT2D eigenvalue weighted by molar-refractivity contribution is 7.08. The Kier molecular flexibility index (Phi) is 2.86. The van der Waals surface area contributed by atoms with Crippen LogP contribution in [0.3, 0.4) is 0 Å². The van der Waals surface area contributed by atoms with E-state index in [1.54, 1.807) is 0 Å². The van der Waals surface area contributed by atoms with Gasteiger partial charge in [0.1, 0.15) is 24.3 Å². The lowest BCUT2D eigenvalue weighted by Gasteiger charge is -1.97. The average molecular weight is 244 g/mol. The lowest BCUT2D eigenvalue weighted by Crippen LogP contribution is -1.97. The van der Waals surface area contributed by atoms with E-state index in [1.165, 1.54) is 22.4 Å². The van der Waals surface area contributed by atoms with Crippen LogP contribution in [0, 0.1) is 22.7 Å². The molecule has 0 aliphatic rings. The highest BCUT2D eigenvalue weighted by atomic mass is 32.1. The van der Waals surface area contributed by atoms with E-state index in [-0.39, 0.29) is 17.3 Å². The van der Waals surface area contributed by atoms with Crippen molar-refractivity contribution >= 4 is 11.5 Å². The van der Waals surface area contributed by atoms with Gasteiger partial charge in [-0.25, -0.2) is 9.97 Å². The first-order valence-electron chi connectivity index (χ1n) is 4.89. The van der Waals surface area contributed by atoms with E-state index in [2.05, 4.69) is 14.3 Å². The van der Waals surface area contributed by atoms with E-state index < -0.39 is 0 Å². The van der Waals surface area contributed by atoms with Gasteiger partial charge in [-0.2, -0.15) is 14.9 Å². The molecular weight excluding hydrogens is 236 g/mol. The third kappa shape index (κ3) is 1.88. The first-order chi connectivity index (χ1) is 8.17. The Bertz CT molecular complexity index is 624. The monoisotopic (exact) mass is 244 g/mol. The van der Waals surface area contributed by atoms with E-state index in [1.807, 2.05) is 26.0 Å². The third-order valence-electron chi connectivity index (χ3n) is 2.13. The molecule has 2 heterocycles. The molecule has 0 bridgehead atoms. The summed E-state index contributed by atoms with van der Waals surface area (Å²) >= 11 is 1.19. The van der Waals surface area contributed by atoms with Crippen molar-refractivity contribution in [1.82, 2.24) is 18.9 Å². The van der Waals surface area contributed by atoms with Crippen molar-refractivity contribution in [3.8, 4) is 17.3 Å². The molecule has 0 radical (unpaired) electrons. The molecule has 0 spiro atoms. The van der Waals surface area contributed by atoms with Gasteiger partial charge in [-0.15, -0.1) is 0 Å². The van der Waals surface area contributed by atoms with Gasteiger partial charge >= 0.3 is 0 Å². The zero-order chi connectivity index (χ0) is 12.4. The summed E-state index contributed by atoms with van der Waals surface area (Å²) < 4.78 is 5.68. The maximum absolute atomic E-state index is 8.99. The molecule has 2 aromatic heterocycles. The summed E-state index contributed by atoms with van der Waals surface area (Å²) in [5.74, 6) is 0.950. The molecule has 84 valence electrons. The fourth-order valence-electron chi connectivity index (χ4n) is 1.24. The van der Waals surface area contributed by atoms with E-state index in [0.29, 0.717) is 5.13 Å². The molecule has 0 aromatic carbocycles. The first-order valence-corrected chi connectivity index (χ1v) is 5.66. The van der Waals surface area contributed by atoms with Crippen molar-refractivity contribution in [2.45, 2.75) is 19.8 Å². The SMILES string of the molecule is CC(C)c1nsc(-n2cnc(C#N)c2C#N)n1. The van der Waals surface area contributed by atoms with Crippen LogP contribution in [0.15, 0.2) is 6.33 Å². The van der Waals surface area contributed by atoms with Crippen molar-refractivity contribution in [3.63, 3.8) is 0 Å². The zero-order valence-electron chi connectivity index (χ0n) is 9.25. The smallest absolute Gasteiger partial charge is 0.215 e. The van der Waals surface area contributed by atoms with Crippen molar-refractivity contribution in [1.29, 1.82) is 10.5 Å². The van der Waals surface area contributed by atoms with Crippen molar-refractivity contribution in [2.75, 3.05) is 0 Å². The molecule has 6 nitrogen and oxygen atoms in total. The molecule has 0 unspecified atom stereocenters. The van der Waals surface area contributed by atoms with Crippen LogP contribution in [0.2, 0.25) is 0 Å². The second-order valence-electron chi connectivity index (χ2n) is 3.63. The van der Waals surface area contributed by atoms with Gasteiger partial charge in [-0.3, -0.25) is 4.57 Å². The lowest BCUT2D eigenvalue weighted by molar-refractivity contribution is 0.792. The molecule has 0 N–H and O–H groups in total. The van der Waals surface area contributed by atoms with E-state index >= 15 is 0 Å².